The summed E-state index contributed by atoms with van der Waals surface area (Å²) in [6, 6.07) is 0. The summed E-state index contributed by atoms with van der Waals surface area (Å²) in [5.74, 6) is 2.98. The summed E-state index contributed by atoms with van der Waals surface area (Å²) >= 11 is 2.03. The lowest BCUT2D eigenvalue weighted by molar-refractivity contribution is 0.686. The van der Waals surface area contributed by atoms with E-state index in [0.29, 0.717) is 5.92 Å². The van der Waals surface area contributed by atoms with Crippen molar-refractivity contribution in [1.29, 1.82) is 0 Å². The molecule has 0 aromatic carbocycles. The molecule has 0 radical (unpaired) electrons. The van der Waals surface area contributed by atoms with Crippen molar-refractivity contribution in [2.45, 2.75) is 31.9 Å². The molecule has 0 spiro atoms. The summed E-state index contributed by atoms with van der Waals surface area (Å²) in [7, 11) is 2.07. The molecule has 0 saturated carbocycles. The molecular formula is C10H16N2S. The fourth-order valence-corrected chi connectivity index (χ4v) is 2.90. The zero-order chi connectivity index (χ0) is 9.42. The molecular weight excluding hydrogens is 180 g/mol. The van der Waals surface area contributed by atoms with E-state index >= 15 is 0 Å². The molecule has 0 saturated heterocycles. The van der Waals surface area contributed by atoms with Crippen LogP contribution >= 0.6 is 11.8 Å². The Morgan fingerprint density at radius 3 is 2.92 bits per heavy atom. The lowest BCUT2D eigenvalue weighted by atomic mass is 10.0. The molecule has 13 heavy (non-hydrogen) atoms. The molecule has 2 heterocycles. The van der Waals surface area contributed by atoms with Gasteiger partial charge in [0.25, 0.3) is 0 Å². The molecule has 0 atom stereocenters. The number of thioether (sulfide) groups is 1. The van der Waals surface area contributed by atoms with Crippen molar-refractivity contribution in [1.82, 2.24) is 9.78 Å². The Bertz CT molecular complexity index is 315. The topological polar surface area (TPSA) is 17.8 Å². The molecule has 0 aliphatic carbocycles. The van der Waals surface area contributed by atoms with Gasteiger partial charge in [0.2, 0.25) is 0 Å². The van der Waals surface area contributed by atoms with Gasteiger partial charge in [-0.3, -0.25) is 4.68 Å². The number of aryl methyl sites for hydroxylation is 1. The number of nitrogens with zero attached hydrogens (tertiary/aromatic N) is 2. The van der Waals surface area contributed by atoms with Gasteiger partial charge in [0, 0.05) is 24.1 Å². The minimum atomic E-state index is 0.564. The number of aromatic nitrogens is 2. The zero-order valence-electron chi connectivity index (χ0n) is 8.50. The van der Waals surface area contributed by atoms with E-state index in [0.717, 1.165) is 5.75 Å². The third-order valence-corrected chi connectivity index (χ3v) is 3.57. The number of hydrogen-bond acceptors (Lipinski definition) is 2. The maximum Gasteiger partial charge on any atom is 0.0693 e. The van der Waals surface area contributed by atoms with Gasteiger partial charge in [0.15, 0.2) is 0 Å². The quantitative estimate of drug-likeness (QED) is 0.686. The number of fused-ring (bicyclic) bond motifs is 1. The highest BCUT2D eigenvalue weighted by molar-refractivity contribution is 7.98. The Morgan fingerprint density at radius 1 is 1.46 bits per heavy atom. The van der Waals surface area contributed by atoms with E-state index in [2.05, 4.69) is 30.7 Å². The highest BCUT2D eigenvalue weighted by Crippen LogP contribution is 2.30. The van der Waals surface area contributed by atoms with Crippen molar-refractivity contribution in [3.05, 3.63) is 17.0 Å². The monoisotopic (exact) mass is 196 g/mol. The van der Waals surface area contributed by atoms with E-state index in [1.54, 1.807) is 0 Å². The Labute approximate surface area is 83.7 Å². The lowest BCUT2D eigenvalue weighted by Gasteiger charge is -2.13. The molecule has 1 aliphatic heterocycles. The summed E-state index contributed by atoms with van der Waals surface area (Å²) in [6.45, 7) is 4.45. The summed E-state index contributed by atoms with van der Waals surface area (Å²) in [4.78, 5) is 0. The number of hydrogen-bond donors (Lipinski definition) is 0. The van der Waals surface area contributed by atoms with Crippen LogP contribution in [0.5, 0.6) is 0 Å². The molecule has 3 heteroatoms. The van der Waals surface area contributed by atoms with Gasteiger partial charge >= 0.3 is 0 Å². The first-order valence-electron chi connectivity index (χ1n) is 4.82. The average Bonchev–Trinajstić information content (AvgIpc) is 2.45. The van der Waals surface area contributed by atoms with Crippen molar-refractivity contribution < 1.29 is 0 Å². The lowest BCUT2D eigenvalue weighted by Crippen LogP contribution is -2.06. The van der Waals surface area contributed by atoms with Gasteiger partial charge < -0.3 is 0 Å². The Morgan fingerprint density at radius 2 is 2.23 bits per heavy atom. The van der Waals surface area contributed by atoms with Gasteiger partial charge in [0.1, 0.15) is 0 Å². The first-order chi connectivity index (χ1) is 6.20. The first-order valence-corrected chi connectivity index (χ1v) is 5.98. The number of rotatable bonds is 1. The molecule has 2 rings (SSSR count). The second kappa shape index (κ2) is 3.37. The van der Waals surface area contributed by atoms with Crippen molar-refractivity contribution >= 4 is 11.8 Å². The highest BCUT2D eigenvalue weighted by atomic mass is 32.2. The van der Waals surface area contributed by atoms with Gasteiger partial charge in [-0.2, -0.15) is 16.9 Å². The third-order valence-electron chi connectivity index (χ3n) is 2.58. The maximum atomic E-state index is 4.60. The standard InChI is InChI=1S/C10H16N2S/c1-7(2)10-8-6-13-5-4-9(8)12(3)11-10/h7H,4-6H2,1-3H3. The van der Waals surface area contributed by atoms with Crippen LogP contribution < -0.4 is 0 Å². The van der Waals surface area contributed by atoms with E-state index in [9.17, 15) is 0 Å². The largest absolute Gasteiger partial charge is 0.272 e. The van der Waals surface area contributed by atoms with E-state index in [1.165, 1.54) is 29.1 Å². The van der Waals surface area contributed by atoms with Gasteiger partial charge in [-0.1, -0.05) is 13.8 Å². The highest BCUT2D eigenvalue weighted by Gasteiger charge is 2.20. The van der Waals surface area contributed by atoms with Crippen molar-refractivity contribution in [2.75, 3.05) is 5.75 Å². The molecule has 0 unspecified atom stereocenters. The predicted molar refractivity (Wildman–Crippen MR) is 57.2 cm³/mol. The fraction of sp³-hybridized carbons (Fsp3) is 0.700. The molecule has 2 nitrogen and oxygen atoms in total. The van der Waals surface area contributed by atoms with Crippen LogP contribution in [0.4, 0.5) is 0 Å². The van der Waals surface area contributed by atoms with Gasteiger partial charge in [-0.15, -0.1) is 0 Å². The van der Waals surface area contributed by atoms with E-state index in [-0.39, 0.29) is 0 Å². The summed E-state index contributed by atoms with van der Waals surface area (Å²) in [5.41, 5.74) is 4.28. The Balaban J connectivity index is 2.47. The molecule has 0 N–H and O–H groups in total. The summed E-state index contributed by atoms with van der Waals surface area (Å²) in [5, 5.41) is 4.60. The average molecular weight is 196 g/mol. The molecule has 0 bridgehead atoms. The van der Waals surface area contributed by atoms with E-state index in [1.807, 2.05) is 11.8 Å². The predicted octanol–water partition coefficient (Wildman–Crippen LogP) is 2.33. The molecule has 1 aromatic rings. The van der Waals surface area contributed by atoms with Gasteiger partial charge in [-0.05, 0) is 18.1 Å². The third kappa shape index (κ3) is 1.50. The molecule has 1 aliphatic rings. The molecule has 1 aromatic heterocycles. The van der Waals surface area contributed by atoms with Crippen molar-refractivity contribution in [3.63, 3.8) is 0 Å². The molecule has 72 valence electrons. The second-order valence-corrected chi connectivity index (χ2v) is 5.00. The van der Waals surface area contributed by atoms with Gasteiger partial charge in [0.05, 0.1) is 5.69 Å². The van der Waals surface area contributed by atoms with Crippen LogP contribution in [-0.4, -0.2) is 15.5 Å². The van der Waals surface area contributed by atoms with Gasteiger partial charge in [-0.25, -0.2) is 0 Å². The van der Waals surface area contributed by atoms with E-state index < -0.39 is 0 Å². The Hall–Kier alpha value is -0.440. The Kier molecular flexibility index (Phi) is 2.37. The van der Waals surface area contributed by atoms with Crippen LogP contribution in [0.25, 0.3) is 0 Å². The summed E-state index contributed by atoms with van der Waals surface area (Å²) in [6.07, 6.45) is 1.19. The van der Waals surface area contributed by atoms with Crippen LogP contribution in [0.3, 0.4) is 0 Å². The normalized spacial score (nSPS) is 16.3. The summed E-state index contributed by atoms with van der Waals surface area (Å²) < 4.78 is 2.07. The van der Waals surface area contributed by atoms with Crippen LogP contribution in [-0.2, 0) is 19.2 Å². The molecule has 0 amide bonds. The van der Waals surface area contributed by atoms with E-state index in [4.69, 9.17) is 0 Å². The first kappa shape index (κ1) is 9.13. The molecule has 0 fully saturated rings. The fourth-order valence-electron chi connectivity index (χ4n) is 1.90. The van der Waals surface area contributed by atoms with Crippen LogP contribution in [0.15, 0.2) is 0 Å². The minimum absolute atomic E-state index is 0.564. The SMILES string of the molecule is CC(C)c1nn(C)c2c1CSCC2. The smallest absolute Gasteiger partial charge is 0.0693 e. The minimum Gasteiger partial charge on any atom is -0.272 e. The zero-order valence-corrected chi connectivity index (χ0v) is 9.32. The maximum absolute atomic E-state index is 4.60. The second-order valence-electron chi connectivity index (χ2n) is 3.89. The van der Waals surface area contributed by atoms with Crippen molar-refractivity contribution in [2.24, 2.45) is 7.05 Å². The van der Waals surface area contributed by atoms with Crippen LogP contribution in [0.1, 0.15) is 36.7 Å². The van der Waals surface area contributed by atoms with Crippen LogP contribution in [0, 0.1) is 0 Å². The van der Waals surface area contributed by atoms with Crippen LogP contribution in [0.2, 0.25) is 0 Å². The van der Waals surface area contributed by atoms with Crippen molar-refractivity contribution in [3.8, 4) is 0 Å².